The number of rotatable bonds is 4. The second-order valence-electron chi connectivity index (χ2n) is 5.08. The Morgan fingerprint density at radius 2 is 2.21 bits per heavy atom. The topological polar surface area (TPSA) is 28.4 Å². The van der Waals surface area contributed by atoms with Gasteiger partial charge in [0.1, 0.15) is 5.58 Å². The lowest BCUT2D eigenvalue weighted by atomic mass is 10.1. The molecule has 2 heterocycles. The normalized spacial score (nSPS) is 19.7. The van der Waals surface area contributed by atoms with Crippen molar-refractivity contribution in [2.24, 2.45) is 0 Å². The summed E-state index contributed by atoms with van der Waals surface area (Å²) in [6, 6.07) is 8.96. The number of furan rings is 1. The van der Waals surface area contributed by atoms with Crippen molar-refractivity contribution in [3.05, 3.63) is 36.1 Å². The van der Waals surface area contributed by atoms with E-state index in [0.29, 0.717) is 6.04 Å². The van der Waals surface area contributed by atoms with E-state index in [1.54, 1.807) is 0 Å². The molecule has 104 valence electrons. The number of nitrogens with one attached hydrogen (secondary N) is 1. The van der Waals surface area contributed by atoms with Crippen molar-refractivity contribution in [3.8, 4) is 0 Å². The van der Waals surface area contributed by atoms with Crippen LogP contribution in [0.15, 0.2) is 34.9 Å². The summed E-state index contributed by atoms with van der Waals surface area (Å²) in [7, 11) is 2.03. The van der Waals surface area contributed by atoms with Crippen LogP contribution in [-0.4, -0.2) is 31.1 Å². The number of para-hydroxylation sites is 1. The number of halogens is 1. The Balaban J connectivity index is 0.00000133. The Kier molecular flexibility index (Phi) is 4.86. The first kappa shape index (κ1) is 14.4. The van der Waals surface area contributed by atoms with Gasteiger partial charge < -0.3 is 9.73 Å². The van der Waals surface area contributed by atoms with E-state index in [0.717, 1.165) is 18.7 Å². The summed E-state index contributed by atoms with van der Waals surface area (Å²) >= 11 is 0. The fraction of sp³-hybridized carbons (Fsp3) is 0.467. The highest BCUT2D eigenvalue weighted by Crippen LogP contribution is 2.25. The molecule has 0 aliphatic carbocycles. The minimum absolute atomic E-state index is 0. The monoisotopic (exact) mass is 280 g/mol. The summed E-state index contributed by atoms with van der Waals surface area (Å²) < 4.78 is 5.61. The zero-order chi connectivity index (χ0) is 12.4. The summed E-state index contributed by atoms with van der Waals surface area (Å²) in [6.45, 7) is 3.28. The van der Waals surface area contributed by atoms with Gasteiger partial charge >= 0.3 is 0 Å². The molecule has 1 aliphatic heterocycles. The third-order valence-electron chi connectivity index (χ3n) is 3.87. The molecule has 1 fully saturated rings. The highest BCUT2D eigenvalue weighted by atomic mass is 35.5. The minimum atomic E-state index is 0. The zero-order valence-corrected chi connectivity index (χ0v) is 12.1. The number of nitrogens with zero attached hydrogens (tertiary/aromatic N) is 1. The molecule has 1 unspecified atom stereocenters. The lowest BCUT2D eigenvalue weighted by Crippen LogP contribution is -2.36. The summed E-state index contributed by atoms with van der Waals surface area (Å²) in [4.78, 5) is 2.56. The maximum absolute atomic E-state index is 5.61. The van der Waals surface area contributed by atoms with Crippen LogP contribution in [0.2, 0.25) is 0 Å². The Bertz CT molecular complexity index is 526. The van der Waals surface area contributed by atoms with Gasteiger partial charge in [0, 0.05) is 30.1 Å². The number of benzene rings is 1. The molecule has 4 heteroatoms. The number of likely N-dealkylation sites (tertiary alicyclic amines) is 1. The lowest BCUT2D eigenvalue weighted by molar-refractivity contribution is 0.242. The van der Waals surface area contributed by atoms with Crippen LogP contribution in [-0.2, 0) is 6.54 Å². The highest BCUT2D eigenvalue weighted by molar-refractivity contribution is 5.85. The molecule has 0 saturated carbocycles. The van der Waals surface area contributed by atoms with E-state index in [4.69, 9.17) is 4.42 Å². The molecule has 1 saturated heterocycles. The van der Waals surface area contributed by atoms with Gasteiger partial charge in [-0.2, -0.15) is 0 Å². The molecule has 3 nitrogen and oxygen atoms in total. The van der Waals surface area contributed by atoms with Crippen LogP contribution >= 0.6 is 12.4 Å². The molecule has 1 N–H and O–H groups in total. The van der Waals surface area contributed by atoms with Crippen LogP contribution in [0.25, 0.3) is 11.0 Å². The summed E-state index contributed by atoms with van der Waals surface area (Å²) in [6.07, 6.45) is 4.53. The standard InChI is InChI=1S/C15H20N2O.ClH/c1-16-9-13-5-4-8-17(13)10-12-11-18-15-7-3-2-6-14(12)15;/h2-3,6-7,11,13,16H,4-5,8-10H2,1H3;1H. The van der Waals surface area contributed by atoms with Gasteiger partial charge in [-0.1, -0.05) is 18.2 Å². The van der Waals surface area contributed by atoms with Gasteiger partial charge in [0.05, 0.1) is 6.26 Å². The Labute approximate surface area is 120 Å². The number of likely N-dealkylation sites (N-methyl/N-ethyl adjacent to an activating group) is 1. The first-order valence-electron chi connectivity index (χ1n) is 6.72. The van der Waals surface area contributed by atoms with Crippen molar-refractivity contribution in [1.82, 2.24) is 10.2 Å². The molecule has 2 aromatic rings. The van der Waals surface area contributed by atoms with Gasteiger partial charge in [-0.15, -0.1) is 12.4 Å². The fourth-order valence-corrected chi connectivity index (χ4v) is 2.94. The largest absolute Gasteiger partial charge is 0.464 e. The van der Waals surface area contributed by atoms with Gasteiger partial charge in [0.2, 0.25) is 0 Å². The number of hydrogen-bond acceptors (Lipinski definition) is 3. The van der Waals surface area contributed by atoms with Crippen molar-refractivity contribution in [3.63, 3.8) is 0 Å². The van der Waals surface area contributed by atoms with Crippen molar-refractivity contribution in [1.29, 1.82) is 0 Å². The first-order valence-corrected chi connectivity index (χ1v) is 6.72. The van der Waals surface area contributed by atoms with Crippen LogP contribution in [0.4, 0.5) is 0 Å². The molecule has 1 aliphatic rings. The lowest BCUT2D eigenvalue weighted by Gasteiger charge is -2.23. The maximum Gasteiger partial charge on any atom is 0.134 e. The molecule has 1 atom stereocenters. The van der Waals surface area contributed by atoms with E-state index in [1.165, 1.54) is 30.3 Å². The van der Waals surface area contributed by atoms with E-state index < -0.39 is 0 Å². The second kappa shape index (κ2) is 6.42. The summed E-state index contributed by atoms with van der Waals surface area (Å²) in [5.41, 5.74) is 2.31. The van der Waals surface area contributed by atoms with E-state index >= 15 is 0 Å². The van der Waals surface area contributed by atoms with Gasteiger partial charge in [-0.25, -0.2) is 0 Å². The maximum atomic E-state index is 5.61. The van der Waals surface area contributed by atoms with E-state index in [-0.39, 0.29) is 12.4 Å². The van der Waals surface area contributed by atoms with Crippen LogP contribution in [0, 0.1) is 0 Å². The van der Waals surface area contributed by atoms with Crippen molar-refractivity contribution < 1.29 is 4.42 Å². The second-order valence-corrected chi connectivity index (χ2v) is 5.08. The fourth-order valence-electron chi connectivity index (χ4n) is 2.94. The predicted octanol–water partition coefficient (Wildman–Crippen LogP) is 3.04. The van der Waals surface area contributed by atoms with Gasteiger partial charge in [0.25, 0.3) is 0 Å². The summed E-state index contributed by atoms with van der Waals surface area (Å²) in [5, 5.41) is 4.55. The zero-order valence-electron chi connectivity index (χ0n) is 11.3. The smallest absolute Gasteiger partial charge is 0.134 e. The van der Waals surface area contributed by atoms with E-state index in [1.807, 2.05) is 25.4 Å². The molecule has 3 rings (SSSR count). The highest BCUT2D eigenvalue weighted by Gasteiger charge is 2.24. The van der Waals surface area contributed by atoms with Gasteiger partial charge in [-0.3, -0.25) is 4.90 Å². The molecule has 1 aromatic heterocycles. The van der Waals surface area contributed by atoms with Crippen LogP contribution in [0.5, 0.6) is 0 Å². The summed E-state index contributed by atoms with van der Waals surface area (Å²) in [5.74, 6) is 0. The predicted molar refractivity (Wildman–Crippen MR) is 80.8 cm³/mol. The van der Waals surface area contributed by atoms with E-state index in [9.17, 15) is 0 Å². The molecule has 0 spiro atoms. The minimum Gasteiger partial charge on any atom is -0.464 e. The average molecular weight is 281 g/mol. The quantitative estimate of drug-likeness (QED) is 0.933. The molecular formula is C15H21ClN2O. The van der Waals surface area contributed by atoms with Crippen LogP contribution < -0.4 is 5.32 Å². The third kappa shape index (κ3) is 2.94. The Morgan fingerprint density at radius 1 is 1.37 bits per heavy atom. The van der Waals surface area contributed by atoms with E-state index in [2.05, 4.69) is 22.3 Å². The van der Waals surface area contributed by atoms with Crippen molar-refractivity contribution in [2.45, 2.75) is 25.4 Å². The van der Waals surface area contributed by atoms with Gasteiger partial charge in [-0.05, 0) is 32.5 Å². The van der Waals surface area contributed by atoms with Crippen molar-refractivity contribution >= 4 is 23.4 Å². The Hall–Kier alpha value is -1.03. The van der Waals surface area contributed by atoms with Gasteiger partial charge in [0.15, 0.2) is 0 Å². The SMILES string of the molecule is CNCC1CCCN1Cc1coc2ccccc12.Cl. The van der Waals surface area contributed by atoms with Crippen LogP contribution in [0.1, 0.15) is 18.4 Å². The first-order chi connectivity index (χ1) is 8.88. The Morgan fingerprint density at radius 3 is 3.05 bits per heavy atom. The molecule has 19 heavy (non-hydrogen) atoms. The molecule has 0 radical (unpaired) electrons. The van der Waals surface area contributed by atoms with Crippen molar-refractivity contribution in [2.75, 3.05) is 20.1 Å². The third-order valence-corrected chi connectivity index (χ3v) is 3.87. The average Bonchev–Trinajstić information content (AvgIpc) is 2.99. The molecule has 0 bridgehead atoms. The molecule has 1 aromatic carbocycles. The molecule has 0 amide bonds. The number of fused-ring (bicyclic) bond motifs is 1. The molecular weight excluding hydrogens is 260 g/mol. The number of hydrogen-bond donors (Lipinski definition) is 1. The van der Waals surface area contributed by atoms with Crippen LogP contribution in [0.3, 0.4) is 0 Å².